The number of carbonyl (C=O) groups is 2. The van der Waals surface area contributed by atoms with Crippen LogP contribution in [-0.2, 0) is 0 Å². The summed E-state index contributed by atoms with van der Waals surface area (Å²) in [6.45, 7) is 0. The lowest BCUT2D eigenvalue weighted by molar-refractivity contribution is -0.0361. The van der Waals surface area contributed by atoms with Crippen molar-refractivity contribution in [3.8, 4) is 0 Å². The second-order valence-electron chi connectivity index (χ2n) is 8.61. The summed E-state index contributed by atoms with van der Waals surface area (Å²) in [6, 6.07) is 14.7. The lowest BCUT2D eigenvalue weighted by atomic mass is 9.91. The Hall–Kier alpha value is -3.52. The van der Waals surface area contributed by atoms with Crippen LogP contribution in [0.2, 0.25) is 5.02 Å². The highest BCUT2D eigenvalue weighted by Crippen LogP contribution is 2.35. The van der Waals surface area contributed by atoms with Gasteiger partial charge in [-0.1, -0.05) is 11.6 Å². The molecule has 2 N–H and O–H groups in total. The summed E-state index contributed by atoms with van der Waals surface area (Å²) < 4.78 is 26.8. The van der Waals surface area contributed by atoms with E-state index in [0.29, 0.717) is 10.7 Å². The molecule has 0 bridgehead atoms. The monoisotopic (exact) mass is 499 g/mol. The zero-order valence-corrected chi connectivity index (χ0v) is 19.7. The van der Waals surface area contributed by atoms with Crippen molar-refractivity contribution in [3.05, 3.63) is 82.6 Å². The van der Waals surface area contributed by atoms with Crippen molar-refractivity contribution in [2.75, 3.05) is 17.3 Å². The summed E-state index contributed by atoms with van der Waals surface area (Å²) in [6.07, 6.45) is 1.58. The highest BCUT2D eigenvalue weighted by molar-refractivity contribution is 6.30. The fourth-order valence-electron chi connectivity index (χ4n) is 4.07. The Bertz CT molecular complexity index is 1220. The molecule has 0 amide bonds. The minimum absolute atomic E-state index is 0.0905. The molecule has 2 aromatic carbocycles. The van der Waals surface area contributed by atoms with Gasteiger partial charge in [-0.05, 0) is 67.4 Å². The first-order valence-corrected chi connectivity index (χ1v) is 11.5. The van der Waals surface area contributed by atoms with Crippen LogP contribution in [0.25, 0.3) is 0 Å². The van der Waals surface area contributed by atoms with E-state index in [9.17, 15) is 23.5 Å². The van der Waals surface area contributed by atoms with Crippen LogP contribution in [0.4, 0.5) is 25.8 Å². The quantitative estimate of drug-likeness (QED) is 0.365. The van der Waals surface area contributed by atoms with Gasteiger partial charge >= 0.3 is 5.97 Å². The van der Waals surface area contributed by atoms with Crippen LogP contribution in [0.1, 0.15) is 52.1 Å². The minimum Gasteiger partial charge on any atom is -0.478 e. The molecule has 182 valence electrons. The SMILES string of the molecule is CN(c1ccc(Cl)cc1)c1ccc(C(=O)c2ccc(NC3CCC(F)(F)CC3)c(C(=O)O)c2)nc1. The van der Waals surface area contributed by atoms with E-state index in [1.807, 2.05) is 24.1 Å². The van der Waals surface area contributed by atoms with Crippen molar-refractivity contribution >= 4 is 40.4 Å². The summed E-state index contributed by atoms with van der Waals surface area (Å²) in [7, 11) is 1.86. The van der Waals surface area contributed by atoms with Crippen molar-refractivity contribution in [2.24, 2.45) is 0 Å². The van der Waals surface area contributed by atoms with Crippen molar-refractivity contribution in [2.45, 2.75) is 37.6 Å². The van der Waals surface area contributed by atoms with Crippen molar-refractivity contribution in [1.82, 2.24) is 4.98 Å². The van der Waals surface area contributed by atoms with Crippen LogP contribution in [0.15, 0.2) is 60.8 Å². The number of ketones is 1. The van der Waals surface area contributed by atoms with Crippen molar-refractivity contribution < 1.29 is 23.5 Å². The zero-order valence-electron chi connectivity index (χ0n) is 19.0. The number of aromatic carboxylic acids is 1. The largest absolute Gasteiger partial charge is 0.478 e. The van der Waals surface area contributed by atoms with E-state index in [0.717, 1.165) is 11.4 Å². The van der Waals surface area contributed by atoms with E-state index in [1.165, 1.54) is 18.2 Å². The number of halogens is 3. The lowest BCUT2D eigenvalue weighted by Gasteiger charge is -2.29. The number of anilines is 3. The van der Waals surface area contributed by atoms with E-state index in [4.69, 9.17) is 11.6 Å². The highest BCUT2D eigenvalue weighted by atomic mass is 35.5. The van der Waals surface area contributed by atoms with Gasteiger partial charge in [-0.2, -0.15) is 0 Å². The molecule has 1 aliphatic rings. The maximum absolute atomic E-state index is 13.4. The van der Waals surface area contributed by atoms with Gasteiger partial charge in [0.25, 0.3) is 0 Å². The summed E-state index contributed by atoms with van der Waals surface area (Å²) in [4.78, 5) is 31.0. The summed E-state index contributed by atoms with van der Waals surface area (Å²) in [5.41, 5.74) is 2.21. The molecule has 0 saturated heterocycles. The number of aromatic nitrogens is 1. The molecule has 4 rings (SSSR count). The number of nitrogens with zero attached hydrogens (tertiary/aromatic N) is 2. The predicted octanol–water partition coefficient (Wildman–Crippen LogP) is 6.42. The molecule has 1 aromatic heterocycles. The van der Waals surface area contributed by atoms with Gasteiger partial charge in [0, 0.05) is 47.9 Å². The number of pyridine rings is 1. The fraction of sp³-hybridized carbons (Fsp3) is 0.269. The molecule has 1 saturated carbocycles. The fourth-order valence-corrected chi connectivity index (χ4v) is 4.20. The maximum atomic E-state index is 13.4. The number of alkyl halides is 2. The van der Waals surface area contributed by atoms with Gasteiger partial charge in [-0.15, -0.1) is 0 Å². The molecule has 9 heteroatoms. The average molecular weight is 500 g/mol. The Morgan fingerprint density at radius 3 is 2.31 bits per heavy atom. The van der Waals surface area contributed by atoms with Gasteiger partial charge in [0.05, 0.1) is 17.4 Å². The van der Waals surface area contributed by atoms with Crippen LogP contribution in [0.3, 0.4) is 0 Å². The molecular formula is C26H24ClF2N3O3. The normalized spacial score (nSPS) is 15.4. The van der Waals surface area contributed by atoms with Crippen LogP contribution in [-0.4, -0.2) is 40.9 Å². The molecule has 1 heterocycles. The van der Waals surface area contributed by atoms with Crippen LogP contribution in [0.5, 0.6) is 0 Å². The Morgan fingerprint density at radius 1 is 1.06 bits per heavy atom. The van der Waals surface area contributed by atoms with Gasteiger partial charge in [-0.25, -0.2) is 13.6 Å². The molecule has 1 aliphatic carbocycles. The second-order valence-corrected chi connectivity index (χ2v) is 9.04. The predicted molar refractivity (Wildman–Crippen MR) is 131 cm³/mol. The van der Waals surface area contributed by atoms with Crippen LogP contribution in [0, 0.1) is 0 Å². The molecule has 0 atom stereocenters. The molecule has 35 heavy (non-hydrogen) atoms. The van der Waals surface area contributed by atoms with E-state index in [2.05, 4.69) is 10.3 Å². The van der Waals surface area contributed by atoms with Gasteiger partial charge in [-0.3, -0.25) is 9.78 Å². The van der Waals surface area contributed by atoms with Crippen LogP contribution >= 0.6 is 11.6 Å². The van der Waals surface area contributed by atoms with Gasteiger partial charge in [0.1, 0.15) is 5.69 Å². The number of nitrogens with one attached hydrogen (secondary N) is 1. The van der Waals surface area contributed by atoms with E-state index < -0.39 is 17.7 Å². The van der Waals surface area contributed by atoms with Gasteiger partial charge < -0.3 is 15.3 Å². The number of carbonyl (C=O) groups excluding carboxylic acids is 1. The third-order valence-corrected chi connectivity index (χ3v) is 6.42. The van der Waals surface area contributed by atoms with E-state index in [-0.39, 0.29) is 48.5 Å². The number of hydrogen-bond donors (Lipinski definition) is 2. The van der Waals surface area contributed by atoms with E-state index in [1.54, 1.807) is 30.5 Å². The number of benzene rings is 2. The molecule has 0 unspecified atom stereocenters. The standard InChI is InChI=1S/C26H24ClF2N3O3/c1-32(19-5-3-17(27)4-6-19)20-7-9-23(30-15-20)24(33)16-2-8-22(21(14-16)25(34)35)31-18-10-12-26(28,29)13-11-18/h2-9,14-15,18,31H,10-13H2,1H3,(H,34,35). The molecule has 3 aromatic rings. The van der Waals surface area contributed by atoms with Gasteiger partial charge in [0.15, 0.2) is 0 Å². The first-order valence-electron chi connectivity index (χ1n) is 11.1. The van der Waals surface area contributed by atoms with E-state index >= 15 is 0 Å². The average Bonchev–Trinajstić information content (AvgIpc) is 2.85. The van der Waals surface area contributed by atoms with Crippen molar-refractivity contribution in [3.63, 3.8) is 0 Å². The van der Waals surface area contributed by atoms with Gasteiger partial charge in [0.2, 0.25) is 11.7 Å². The minimum atomic E-state index is -2.67. The lowest BCUT2D eigenvalue weighted by Crippen LogP contribution is -2.32. The molecular weight excluding hydrogens is 476 g/mol. The number of hydrogen-bond acceptors (Lipinski definition) is 5. The zero-order chi connectivity index (χ0) is 25.2. The molecule has 0 spiro atoms. The molecule has 6 nitrogen and oxygen atoms in total. The smallest absolute Gasteiger partial charge is 0.337 e. The maximum Gasteiger partial charge on any atom is 0.337 e. The molecule has 1 fully saturated rings. The summed E-state index contributed by atoms with van der Waals surface area (Å²) in [5, 5.41) is 13.4. The molecule has 0 aliphatic heterocycles. The highest BCUT2D eigenvalue weighted by Gasteiger charge is 2.35. The second kappa shape index (κ2) is 10.00. The third kappa shape index (κ3) is 5.77. The molecule has 0 radical (unpaired) electrons. The number of carboxylic acid groups (broad SMARTS) is 1. The Labute approximate surface area is 206 Å². The first-order chi connectivity index (χ1) is 16.6. The Kier molecular flexibility index (Phi) is 7.03. The van der Waals surface area contributed by atoms with Crippen molar-refractivity contribution in [1.29, 1.82) is 0 Å². The first kappa shape index (κ1) is 24.6. The Morgan fingerprint density at radius 2 is 1.71 bits per heavy atom. The van der Waals surface area contributed by atoms with Crippen LogP contribution < -0.4 is 10.2 Å². The summed E-state index contributed by atoms with van der Waals surface area (Å²) in [5.74, 6) is -4.30. The Balaban J connectivity index is 1.50. The topological polar surface area (TPSA) is 82.5 Å². The third-order valence-electron chi connectivity index (χ3n) is 6.17. The summed E-state index contributed by atoms with van der Waals surface area (Å²) >= 11 is 5.94. The number of carboxylic acids is 1. The number of rotatable bonds is 7.